The molecule has 0 aliphatic carbocycles. The summed E-state index contributed by atoms with van der Waals surface area (Å²) in [5, 5.41) is 0.875. The van der Waals surface area contributed by atoms with Crippen LogP contribution >= 0.6 is 11.3 Å². The van der Waals surface area contributed by atoms with Crippen molar-refractivity contribution in [2.75, 3.05) is 24.6 Å². The molecule has 2 aliphatic heterocycles. The molecule has 3 rings (SSSR count). The van der Waals surface area contributed by atoms with Crippen molar-refractivity contribution in [3.05, 3.63) is 17.5 Å². The number of thiophene rings is 1. The number of rotatable bonds is 3. The molecule has 0 spiro atoms. The molecule has 3 heterocycles. The lowest BCUT2D eigenvalue weighted by Gasteiger charge is -2.40. The van der Waals surface area contributed by atoms with E-state index in [9.17, 15) is 16.8 Å². The van der Waals surface area contributed by atoms with Crippen molar-refractivity contribution < 1.29 is 16.8 Å². The maximum absolute atomic E-state index is 12.9. The van der Waals surface area contributed by atoms with Crippen LogP contribution in [-0.2, 0) is 19.7 Å². The summed E-state index contributed by atoms with van der Waals surface area (Å²) >= 11 is 1.17. The molecule has 0 bridgehead atoms. The van der Waals surface area contributed by atoms with Crippen LogP contribution in [0.4, 0.5) is 0 Å². The molecule has 0 N–H and O–H groups in total. The van der Waals surface area contributed by atoms with Gasteiger partial charge < -0.3 is 0 Å². The Hall–Kier alpha value is -0.440. The lowest BCUT2D eigenvalue weighted by atomic mass is 9.91. The minimum atomic E-state index is -3.60. The van der Waals surface area contributed by atoms with Gasteiger partial charge in [-0.25, -0.2) is 16.8 Å². The lowest BCUT2D eigenvalue weighted by Crippen LogP contribution is -2.51. The molecule has 0 radical (unpaired) electrons. The zero-order valence-corrected chi connectivity index (χ0v) is 15.8. The van der Waals surface area contributed by atoms with Crippen LogP contribution in [0, 0.1) is 11.8 Å². The highest BCUT2D eigenvalue weighted by molar-refractivity contribution is 7.97. The van der Waals surface area contributed by atoms with Crippen molar-refractivity contribution in [3.8, 4) is 0 Å². The summed E-state index contributed by atoms with van der Waals surface area (Å²) in [5.74, 6) is 0.637. The minimum Gasteiger partial charge on any atom is -0.297 e. The van der Waals surface area contributed by atoms with Crippen LogP contribution in [0.2, 0.25) is 0 Å². The largest absolute Gasteiger partial charge is 0.297 e. The smallest absolute Gasteiger partial charge is 0.193 e. The second kappa shape index (κ2) is 6.13. The van der Waals surface area contributed by atoms with Gasteiger partial charge in [-0.15, -0.1) is 11.3 Å². The van der Waals surface area contributed by atoms with E-state index in [1.807, 2.05) is 0 Å². The third kappa shape index (κ3) is 3.50. The molecular weight excluding hydrogens is 354 g/mol. The van der Waals surface area contributed by atoms with Crippen LogP contribution < -0.4 is 0 Å². The van der Waals surface area contributed by atoms with Crippen molar-refractivity contribution in [1.82, 2.24) is 4.90 Å². The van der Waals surface area contributed by atoms with Gasteiger partial charge in [0.05, 0.1) is 16.8 Å². The monoisotopic (exact) mass is 377 g/mol. The molecule has 130 valence electrons. The second-order valence-corrected chi connectivity index (χ2v) is 12.6. The summed E-state index contributed by atoms with van der Waals surface area (Å²) in [6, 6.07) is 2.85. The highest BCUT2D eigenvalue weighted by Crippen LogP contribution is 2.33. The first-order valence-corrected chi connectivity index (χ1v) is 12.2. The van der Waals surface area contributed by atoms with E-state index in [0.29, 0.717) is 11.8 Å². The average Bonchev–Trinajstić information content (AvgIpc) is 3.05. The van der Waals surface area contributed by atoms with E-state index in [0.717, 1.165) is 19.5 Å². The molecule has 1 aromatic heterocycles. The molecule has 4 atom stereocenters. The van der Waals surface area contributed by atoms with Gasteiger partial charge in [0.1, 0.15) is 4.21 Å². The fraction of sp³-hybridized carbons (Fsp3) is 0.733. The Morgan fingerprint density at radius 3 is 2.39 bits per heavy atom. The predicted molar refractivity (Wildman–Crippen MR) is 92.3 cm³/mol. The van der Waals surface area contributed by atoms with Crippen LogP contribution in [0.1, 0.15) is 20.3 Å². The topological polar surface area (TPSA) is 71.5 Å². The Balaban J connectivity index is 1.94. The summed E-state index contributed by atoms with van der Waals surface area (Å²) in [6.07, 6.45) is 1.11. The zero-order valence-electron chi connectivity index (χ0n) is 13.4. The Kier molecular flexibility index (Phi) is 4.63. The second-order valence-electron chi connectivity index (χ2n) is 7.06. The van der Waals surface area contributed by atoms with E-state index < -0.39 is 31.0 Å². The lowest BCUT2D eigenvalue weighted by molar-refractivity contribution is 0.107. The molecule has 1 aromatic rings. The van der Waals surface area contributed by atoms with Crippen LogP contribution in [0.5, 0.6) is 0 Å². The standard InChI is InChI=1S/C15H23NO4S3/c1-11-6-12(2)8-16(7-11)13-9-22(17,18)10-14(13)23(19,20)15-4-3-5-21-15/h3-5,11-14H,6-10H2,1-2H3/t11-,12+,13-,14-/m0/s1. The fourth-order valence-electron chi connectivity index (χ4n) is 3.99. The van der Waals surface area contributed by atoms with Gasteiger partial charge in [0.2, 0.25) is 0 Å². The molecule has 5 nitrogen and oxygen atoms in total. The van der Waals surface area contributed by atoms with E-state index in [-0.39, 0.29) is 15.7 Å². The van der Waals surface area contributed by atoms with E-state index in [1.165, 1.54) is 11.3 Å². The number of sulfone groups is 2. The first kappa shape index (κ1) is 17.4. The average molecular weight is 378 g/mol. The fourth-order valence-corrected chi connectivity index (χ4v) is 10.0. The van der Waals surface area contributed by atoms with Crippen molar-refractivity contribution in [2.45, 2.75) is 35.8 Å². The van der Waals surface area contributed by atoms with Crippen molar-refractivity contribution >= 4 is 31.0 Å². The predicted octanol–water partition coefficient (Wildman–Crippen LogP) is 1.67. The minimum absolute atomic E-state index is 0.0400. The van der Waals surface area contributed by atoms with Crippen LogP contribution in [0.3, 0.4) is 0 Å². The quantitative estimate of drug-likeness (QED) is 0.801. The van der Waals surface area contributed by atoms with E-state index in [4.69, 9.17) is 0 Å². The van der Waals surface area contributed by atoms with Crippen molar-refractivity contribution in [1.29, 1.82) is 0 Å². The molecule has 8 heteroatoms. The highest BCUT2D eigenvalue weighted by atomic mass is 32.2. The van der Waals surface area contributed by atoms with Gasteiger partial charge in [-0.05, 0) is 29.7 Å². The molecule has 23 heavy (non-hydrogen) atoms. The Bertz CT molecular complexity index is 745. The van der Waals surface area contributed by atoms with Gasteiger partial charge in [-0.3, -0.25) is 4.90 Å². The molecule has 2 fully saturated rings. The van der Waals surface area contributed by atoms with E-state index in [2.05, 4.69) is 18.7 Å². The van der Waals surface area contributed by atoms with Crippen LogP contribution in [0.25, 0.3) is 0 Å². The Morgan fingerprint density at radius 2 is 1.83 bits per heavy atom. The SMILES string of the molecule is C[C@@H]1C[C@H](C)CN([C@H]2CS(=O)(=O)C[C@@H]2S(=O)(=O)c2cccs2)C1. The number of hydrogen-bond donors (Lipinski definition) is 0. The maximum atomic E-state index is 12.9. The summed E-state index contributed by atoms with van der Waals surface area (Å²) in [7, 11) is -6.92. The van der Waals surface area contributed by atoms with Gasteiger partial charge in [0, 0.05) is 19.1 Å². The van der Waals surface area contributed by atoms with E-state index in [1.54, 1.807) is 17.5 Å². The highest BCUT2D eigenvalue weighted by Gasteiger charge is 2.49. The van der Waals surface area contributed by atoms with Gasteiger partial charge in [0.25, 0.3) is 0 Å². The number of hydrogen-bond acceptors (Lipinski definition) is 6. The summed E-state index contributed by atoms with van der Waals surface area (Å²) in [5.41, 5.74) is 0. The summed E-state index contributed by atoms with van der Waals surface area (Å²) in [6.45, 7) is 5.85. The van der Waals surface area contributed by atoms with Crippen molar-refractivity contribution in [2.24, 2.45) is 11.8 Å². The van der Waals surface area contributed by atoms with Gasteiger partial charge >= 0.3 is 0 Å². The molecule has 0 saturated carbocycles. The molecule has 2 aliphatic rings. The first-order chi connectivity index (χ1) is 10.7. The van der Waals surface area contributed by atoms with Gasteiger partial charge in [-0.2, -0.15) is 0 Å². The Labute approximate surface area is 142 Å². The number of likely N-dealkylation sites (tertiary alicyclic amines) is 1. The maximum Gasteiger partial charge on any atom is 0.193 e. The van der Waals surface area contributed by atoms with Crippen molar-refractivity contribution in [3.63, 3.8) is 0 Å². The zero-order chi connectivity index (χ0) is 16.8. The van der Waals surface area contributed by atoms with E-state index >= 15 is 0 Å². The molecule has 0 unspecified atom stereocenters. The molecule has 0 amide bonds. The van der Waals surface area contributed by atoms with Gasteiger partial charge in [-0.1, -0.05) is 19.9 Å². The third-order valence-electron chi connectivity index (χ3n) is 4.81. The summed E-state index contributed by atoms with van der Waals surface area (Å²) < 4.78 is 50.5. The molecular formula is C15H23NO4S3. The molecule has 2 saturated heterocycles. The third-order valence-corrected chi connectivity index (χ3v) is 10.4. The first-order valence-electron chi connectivity index (χ1n) is 7.91. The van der Waals surface area contributed by atoms with Crippen LogP contribution in [-0.4, -0.2) is 57.6 Å². The number of nitrogens with zero attached hydrogens (tertiary/aromatic N) is 1. The van der Waals surface area contributed by atoms with Gasteiger partial charge in [0.15, 0.2) is 19.7 Å². The number of piperidine rings is 1. The van der Waals surface area contributed by atoms with Crippen LogP contribution in [0.15, 0.2) is 21.7 Å². The normalized spacial score (nSPS) is 35.4. The molecule has 0 aromatic carbocycles. The summed E-state index contributed by atoms with van der Waals surface area (Å²) in [4.78, 5) is 2.11. The Morgan fingerprint density at radius 1 is 1.17 bits per heavy atom.